The number of aliphatic hydroxyl groups is 2. The van der Waals surface area contributed by atoms with Crippen LogP contribution in [-0.2, 0) is 19.1 Å². The molecule has 3 heterocycles. The fourth-order valence-corrected chi connectivity index (χ4v) is 3.98. The van der Waals surface area contributed by atoms with Gasteiger partial charge in [0.15, 0.2) is 11.5 Å². The van der Waals surface area contributed by atoms with Crippen LogP contribution in [0.2, 0.25) is 0 Å². The molecule has 0 unspecified atom stereocenters. The van der Waals surface area contributed by atoms with Gasteiger partial charge >= 0.3 is 5.97 Å². The van der Waals surface area contributed by atoms with Crippen molar-refractivity contribution in [2.24, 2.45) is 17.4 Å². The molecule has 2 aromatic rings. The molecule has 7 atom stereocenters. The average Bonchev–Trinajstić information content (AvgIpc) is 3.42. The summed E-state index contributed by atoms with van der Waals surface area (Å²) in [5.41, 5.74) is 18.6. The smallest absolute Gasteiger partial charge is 0.325 e. The standard InChI is InChI=1S/C23H35N9O7/c1-9(2)14(21(36)30-10(3)23(37)38)31-20(35)12(25)5-4-11(24)6-13-16(33)17(34)22(39-13)32-8-29-15-18(26)27-7-28-19(15)32/h6-12,14,16-17,22,33-34H,4-5,24-25H2,1-3H3,(H,30,36)(H,31,35)(H,37,38)(H2,26,27,28)/t10-,11-,12-,14+,16-,17-,22-/m0/s1. The van der Waals surface area contributed by atoms with E-state index in [1.54, 1.807) is 13.8 Å². The quantitative estimate of drug-likeness (QED) is 0.147. The van der Waals surface area contributed by atoms with Gasteiger partial charge in [-0.2, -0.15) is 0 Å². The minimum Gasteiger partial charge on any atom is -0.480 e. The number of nitrogens with zero attached hydrogens (tertiary/aromatic N) is 4. The molecule has 3 rings (SSSR count). The van der Waals surface area contributed by atoms with Crippen LogP contribution >= 0.6 is 0 Å². The molecule has 214 valence electrons. The van der Waals surface area contributed by atoms with E-state index in [4.69, 9.17) is 27.0 Å². The number of hydrogen-bond donors (Lipinski definition) is 8. The maximum absolute atomic E-state index is 12.6. The van der Waals surface area contributed by atoms with Crippen LogP contribution < -0.4 is 27.8 Å². The molecule has 1 aliphatic rings. The van der Waals surface area contributed by atoms with Gasteiger partial charge in [0.2, 0.25) is 18.0 Å². The van der Waals surface area contributed by atoms with Crippen molar-refractivity contribution in [3.63, 3.8) is 0 Å². The Hall–Kier alpha value is -3.86. The van der Waals surface area contributed by atoms with Crippen LogP contribution in [0.1, 0.15) is 39.8 Å². The molecule has 16 heteroatoms. The number of anilines is 1. The van der Waals surface area contributed by atoms with E-state index in [9.17, 15) is 24.6 Å². The number of rotatable bonds is 11. The zero-order valence-corrected chi connectivity index (χ0v) is 21.8. The Labute approximate surface area is 223 Å². The lowest BCUT2D eigenvalue weighted by molar-refractivity contribution is -0.142. The molecule has 11 N–H and O–H groups in total. The van der Waals surface area contributed by atoms with Crippen LogP contribution in [0.4, 0.5) is 5.82 Å². The number of fused-ring (bicyclic) bond motifs is 1. The Morgan fingerprint density at radius 1 is 1.10 bits per heavy atom. The third-order valence-electron chi connectivity index (χ3n) is 6.33. The van der Waals surface area contributed by atoms with Gasteiger partial charge < -0.3 is 47.9 Å². The van der Waals surface area contributed by atoms with Gasteiger partial charge in [0.25, 0.3) is 0 Å². The number of carbonyl (C=O) groups excluding carboxylic acids is 2. The molecule has 2 amide bonds. The summed E-state index contributed by atoms with van der Waals surface area (Å²) in [5.74, 6) is -2.59. The van der Waals surface area contributed by atoms with Crippen LogP contribution in [0.25, 0.3) is 11.2 Å². The second-order valence-corrected chi connectivity index (χ2v) is 9.74. The number of nitrogen functional groups attached to an aromatic ring is 1. The zero-order valence-electron chi connectivity index (χ0n) is 21.8. The Morgan fingerprint density at radius 3 is 2.44 bits per heavy atom. The van der Waals surface area contributed by atoms with Crippen molar-refractivity contribution in [1.82, 2.24) is 30.2 Å². The van der Waals surface area contributed by atoms with E-state index in [2.05, 4.69) is 25.6 Å². The van der Waals surface area contributed by atoms with Crippen LogP contribution in [0.3, 0.4) is 0 Å². The number of ether oxygens (including phenoxy) is 1. The summed E-state index contributed by atoms with van der Waals surface area (Å²) >= 11 is 0. The van der Waals surface area contributed by atoms with Crippen LogP contribution in [0, 0.1) is 5.92 Å². The highest BCUT2D eigenvalue weighted by atomic mass is 16.5. The first-order valence-electron chi connectivity index (χ1n) is 12.3. The first kappa shape index (κ1) is 29.7. The van der Waals surface area contributed by atoms with Crippen molar-refractivity contribution in [2.75, 3.05) is 5.73 Å². The molecule has 0 aromatic carbocycles. The summed E-state index contributed by atoms with van der Waals surface area (Å²) in [7, 11) is 0. The topological polar surface area (TPSA) is 267 Å². The first-order valence-corrected chi connectivity index (χ1v) is 12.3. The molecule has 0 bridgehead atoms. The third kappa shape index (κ3) is 6.78. The van der Waals surface area contributed by atoms with Crippen LogP contribution in [-0.4, -0.2) is 89.0 Å². The number of carboxylic acid groups (broad SMARTS) is 1. The fourth-order valence-electron chi connectivity index (χ4n) is 3.98. The predicted molar refractivity (Wildman–Crippen MR) is 137 cm³/mol. The Kier molecular flexibility index (Phi) is 9.39. The van der Waals surface area contributed by atoms with Crippen molar-refractivity contribution < 1.29 is 34.4 Å². The lowest BCUT2D eigenvalue weighted by atomic mass is 10.0. The van der Waals surface area contributed by atoms with Crippen molar-refractivity contribution >= 4 is 34.8 Å². The van der Waals surface area contributed by atoms with Gasteiger partial charge in [-0.1, -0.05) is 13.8 Å². The summed E-state index contributed by atoms with van der Waals surface area (Å²) < 4.78 is 7.19. The second kappa shape index (κ2) is 12.3. The van der Waals surface area contributed by atoms with Gasteiger partial charge in [0.05, 0.1) is 6.04 Å². The minimum atomic E-state index is -1.38. The molecule has 0 radical (unpaired) electrons. The number of hydrogen-bond acceptors (Lipinski definition) is 12. The SMILES string of the molecule is CC(C)[C@@H](NC(=O)[C@@H](N)CC[C@H](N)C=C1O[C@H](n2cnc3c(N)ncnc32)[C@@H](O)[C@H]1O)C(=O)N[C@@H](C)C(=O)O. The Morgan fingerprint density at radius 2 is 1.79 bits per heavy atom. The van der Waals surface area contributed by atoms with Crippen molar-refractivity contribution in [3.8, 4) is 0 Å². The molecule has 0 spiro atoms. The van der Waals surface area contributed by atoms with Crippen molar-refractivity contribution in [3.05, 3.63) is 24.5 Å². The number of carbonyl (C=O) groups is 3. The predicted octanol–water partition coefficient (Wildman–Crippen LogP) is -2.29. The zero-order chi connectivity index (χ0) is 29.0. The largest absolute Gasteiger partial charge is 0.480 e. The number of nitrogens with one attached hydrogen (secondary N) is 2. The maximum atomic E-state index is 12.6. The van der Waals surface area contributed by atoms with Gasteiger partial charge in [-0.25, -0.2) is 15.0 Å². The van der Waals surface area contributed by atoms with Gasteiger partial charge in [-0.15, -0.1) is 0 Å². The fraction of sp³-hybridized carbons (Fsp3) is 0.565. The van der Waals surface area contributed by atoms with E-state index in [0.717, 1.165) is 0 Å². The van der Waals surface area contributed by atoms with Gasteiger partial charge in [0, 0.05) is 6.04 Å². The van der Waals surface area contributed by atoms with Gasteiger partial charge in [-0.05, 0) is 31.8 Å². The second-order valence-electron chi connectivity index (χ2n) is 9.74. The van der Waals surface area contributed by atoms with E-state index in [1.165, 1.54) is 30.2 Å². The number of imidazole rings is 1. The minimum absolute atomic E-state index is 0.0333. The maximum Gasteiger partial charge on any atom is 0.325 e. The molecule has 1 saturated heterocycles. The molecule has 39 heavy (non-hydrogen) atoms. The highest BCUT2D eigenvalue weighted by molar-refractivity contribution is 5.91. The van der Waals surface area contributed by atoms with Crippen LogP contribution in [0.15, 0.2) is 24.5 Å². The Balaban J connectivity index is 1.59. The summed E-state index contributed by atoms with van der Waals surface area (Å²) in [5, 5.41) is 35.0. The van der Waals surface area contributed by atoms with Crippen molar-refractivity contribution in [1.29, 1.82) is 0 Å². The first-order chi connectivity index (χ1) is 18.3. The number of nitrogens with two attached hydrogens (primary N) is 3. The molecule has 0 saturated carbocycles. The summed E-state index contributed by atoms with van der Waals surface area (Å²) in [6.45, 7) is 4.72. The normalized spacial score (nSPS) is 23.3. The lowest BCUT2D eigenvalue weighted by Crippen LogP contribution is -2.55. The molecular formula is C23H35N9O7. The third-order valence-corrected chi connectivity index (χ3v) is 6.33. The number of carboxylic acids is 1. The molecule has 16 nitrogen and oxygen atoms in total. The lowest BCUT2D eigenvalue weighted by Gasteiger charge is -2.24. The highest BCUT2D eigenvalue weighted by Gasteiger charge is 2.42. The van der Waals surface area contributed by atoms with Crippen LogP contribution in [0.5, 0.6) is 0 Å². The average molecular weight is 550 g/mol. The molecular weight excluding hydrogens is 514 g/mol. The molecule has 0 aliphatic carbocycles. The number of aromatic nitrogens is 4. The molecule has 1 aliphatic heterocycles. The monoisotopic (exact) mass is 549 g/mol. The molecule has 1 fully saturated rings. The van der Waals surface area contributed by atoms with Gasteiger partial charge in [0.1, 0.15) is 48.2 Å². The van der Waals surface area contributed by atoms with E-state index in [0.29, 0.717) is 11.2 Å². The van der Waals surface area contributed by atoms with E-state index < -0.39 is 60.4 Å². The summed E-state index contributed by atoms with van der Waals surface area (Å²) in [6, 6.07) is -3.82. The van der Waals surface area contributed by atoms with Crippen molar-refractivity contribution in [2.45, 2.75) is 76.2 Å². The highest BCUT2D eigenvalue weighted by Crippen LogP contribution is 2.34. The number of aliphatic hydroxyl groups excluding tert-OH is 2. The summed E-state index contributed by atoms with van der Waals surface area (Å²) in [4.78, 5) is 48.2. The van der Waals surface area contributed by atoms with E-state index >= 15 is 0 Å². The number of amides is 2. The van der Waals surface area contributed by atoms with Gasteiger partial charge in [-0.3, -0.25) is 19.0 Å². The van der Waals surface area contributed by atoms with E-state index in [-0.39, 0.29) is 30.3 Å². The molecule has 2 aromatic heterocycles. The van der Waals surface area contributed by atoms with E-state index in [1.807, 2.05) is 0 Å². The summed E-state index contributed by atoms with van der Waals surface area (Å²) in [6.07, 6.45) is 0.588. The Bertz CT molecular complexity index is 1230. The number of aliphatic carboxylic acids is 1.